The standard InChI is InChI=1S/C25H30N4O4S/c1-4-16-8-7-11-19-17(12-20-24(32)27(2)25(34)29(20)15-22(31)33-3)13-28(23(16)19)14-21(30)26-18-9-5-6-10-18/h7-8,11-13,18H,4-6,9-10,14-15H2,1-3H3,(H,26,30)/b20-12-. The van der Waals surface area contributed by atoms with Gasteiger partial charge in [0, 0.05) is 30.2 Å². The Morgan fingerprint density at radius 2 is 1.97 bits per heavy atom. The van der Waals surface area contributed by atoms with Gasteiger partial charge in [-0.3, -0.25) is 19.3 Å². The minimum absolute atomic E-state index is 0.0147. The lowest BCUT2D eigenvalue weighted by Gasteiger charge is -2.16. The second-order valence-electron chi connectivity index (χ2n) is 8.77. The average Bonchev–Trinajstić information content (AvgIpc) is 3.51. The van der Waals surface area contributed by atoms with Crippen molar-refractivity contribution in [1.82, 2.24) is 19.7 Å². The molecule has 1 saturated heterocycles. The van der Waals surface area contributed by atoms with Crippen LogP contribution in [-0.4, -0.2) is 64.0 Å². The molecule has 0 unspecified atom stereocenters. The Bertz CT molecular complexity index is 1180. The lowest BCUT2D eigenvalue weighted by atomic mass is 10.1. The summed E-state index contributed by atoms with van der Waals surface area (Å²) in [5, 5.41) is 4.34. The van der Waals surface area contributed by atoms with Gasteiger partial charge in [-0.2, -0.15) is 0 Å². The van der Waals surface area contributed by atoms with E-state index in [0.29, 0.717) is 5.70 Å². The van der Waals surface area contributed by atoms with Crippen LogP contribution >= 0.6 is 12.2 Å². The number of thiocarbonyl (C=S) groups is 1. The van der Waals surface area contributed by atoms with Gasteiger partial charge in [0.25, 0.3) is 5.91 Å². The fourth-order valence-corrected chi connectivity index (χ4v) is 5.03. The number of ether oxygens (including phenoxy) is 1. The van der Waals surface area contributed by atoms with Crippen LogP contribution in [-0.2, 0) is 32.1 Å². The summed E-state index contributed by atoms with van der Waals surface area (Å²) in [5.41, 5.74) is 3.18. The Morgan fingerprint density at radius 3 is 2.65 bits per heavy atom. The molecule has 1 N–H and O–H groups in total. The van der Waals surface area contributed by atoms with Crippen molar-refractivity contribution < 1.29 is 19.1 Å². The summed E-state index contributed by atoms with van der Waals surface area (Å²) < 4.78 is 6.74. The van der Waals surface area contributed by atoms with Gasteiger partial charge in [0.05, 0.1) is 12.6 Å². The molecule has 1 aliphatic heterocycles. The SMILES string of the molecule is CCc1cccc2c(/C=C3/C(=O)N(C)C(=S)N3CC(=O)OC)cn(CC(=O)NC3CCCC3)c12. The molecule has 8 nitrogen and oxygen atoms in total. The number of esters is 1. The Morgan fingerprint density at radius 1 is 1.24 bits per heavy atom. The second-order valence-corrected chi connectivity index (χ2v) is 9.13. The summed E-state index contributed by atoms with van der Waals surface area (Å²) in [7, 11) is 2.88. The smallest absolute Gasteiger partial charge is 0.325 e. The normalized spacial score (nSPS) is 17.9. The number of nitrogens with zero attached hydrogens (tertiary/aromatic N) is 3. The van der Waals surface area contributed by atoms with E-state index in [9.17, 15) is 14.4 Å². The summed E-state index contributed by atoms with van der Waals surface area (Å²) >= 11 is 5.39. The van der Waals surface area contributed by atoms with E-state index in [4.69, 9.17) is 17.0 Å². The molecule has 1 saturated carbocycles. The summed E-state index contributed by atoms with van der Waals surface area (Å²) in [6.07, 6.45) is 8.82. The van der Waals surface area contributed by atoms with Gasteiger partial charge in [-0.1, -0.05) is 38.0 Å². The molecule has 2 heterocycles. The van der Waals surface area contributed by atoms with Gasteiger partial charge >= 0.3 is 5.97 Å². The summed E-state index contributed by atoms with van der Waals surface area (Å²) in [5.74, 6) is -0.796. The predicted octanol–water partition coefficient (Wildman–Crippen LogP) is 2.84. The number of fused-ring (bicyclic) bond motifs is 1. The molecule has 0 radical (unpaired) electrons. The van der Waals surface area contributed by atoms with E-state index in [1.54, 1.807) is 13.1 Å². The third kappa shape index (κ3) is 4.57. The number of aromatic nitrogens is 1. The zero-order valence-corrected chi connectivity index (χ0v) is 20.6. The first kappa shape index (κ1) is 23.9. The van der Waals surface area contributed by atoms with Crippen LogP contribution < -0.4 is 5.32 Å². The van der Waals surface area contributed by atoms with Gasteiger partial charge in [0.1, 0.15) is 18.8 Å². The Kier molecular flexibility index (Phi) is 7.02. The van der Waals surface area contributed by atoms with Crippen LogP contribution in [0.3, 0.4) is 0 Å². The van der Waals surface area contributed by atoms with E-state index in [1.807, 2.05) is 22.9 Å². The Hall–Kier alpha value is -3.20. The molecule has 180 valence electrons. The molecule has 9 heteroatoms. The Labute approximate surface area is 204 Å². The minimum Gasteiger partial charge on any atom is -0.468 e. The minimum atomic E-state index is -0.490. The van der Waals surface area contributed by atoms with Crippen molar-refractivity contribution in [2.75, 3.05) is 20.7 Å². The molecule has 2 aliphatic rings. The van der Waals surface area contributed by atoms with Crippen molar-refractivity contribution in [3.63, 3.8) is 0 Å². The van der Waals surface area contributed by atoms with Crippen LogP contribution in [0.2, 0.25) is 0 Å². The number of amides is 2. The number of rotatable bonds is 7. The van der Waals surface area contributed by atoms with Gasteiger partial charge < -0.3 is 19.5 Å². The van der Waals surface area contributed by atoms with Crippen molar-refractivity contribution in [2.24, 2.45) is 0 Å². The summed E-state index contributed by atoms with van der Waals surface area (Å²) in [4.78, 5) is 40.6. The summed E-state index contributed by atoms with van der Waals surface area (Å²) in [6.45, 7) is 2.13. The second kappa shape index (κ2) is 9.97. The third-order valence-corrected chi connectivity index (χ3v) is 7.06. The van der Waals surface area contributed by atoms with Crippen LogP contribution in [0.5, 0.6) is 0 Å². The number of hydrogen-bond donors (Lipinski definition) is 1. The number of carbonyl (C=O) groups excluding carboxylic acids is 3. The van der Waals surface area contributed by atoms with Gasteiger partial charge in [0.2, 0.25) is 5.91 Å². The molecular formula is C25H30N4O4S. The molecule has 2 aromatic rings. The number of methoxy groups -OCH3 is 1. The van der Waals surface area contributed by atoms with E-state index < -0.39 is 5.97 Å². The first-order valence-electron chi connectivity index (χ1n) is 11.6. The molecule has 2 fully saturated rings. The number of likely N-dealkylation sites (N-methyl/N-ethyl adjacent to an activating group) is 1. The van der Waals surface area contributed by atoms with E-state index in [1.165, 1.54) is 16.9 Å². The molecule has 34 heavy (non-hydrogen) atoms. The number of aryl methyl sites for hydroxylation is 1. The molecule has 0 spiro atoms. The zero-order valence-electron chi connectivity index (χ0n) is 19.8. The monoisotopic (exact) mass is 482 g/mol. The molecular weight excluding hydrogens is 452 g/mol. The fourth-order valence-electron chi connectivity index (χ4n) is 4.78. The number of para-hydroxylation sites is 1. The average molecular weight is 483 g/mol. The molecule has 0 atom stereocenters. The van der Waals surface area contributed by atoms with Gasteiger partial charge in [-0.15, -0.1) is 0 Å². The van der Waals surface area contributed by atoms with Gasteiger partial charge in [-0.05, 0) is 43.1 Å². The van der Waals surface area contributed by atoms with Gasteiger partial charge in [-0.25, -0.2) is 0 Å². The van der Waals surface area contributed by atoms with Crippen LogP contribution in [0, 0.1) is 0 Å². The molecule has 4 rings (SSSR count). The largest absolute Gasteiger partial charge is 0.468 e. The number of benzene rings is 1. The zero-order chi connectivity index (χ0) is 24.4. The molecule has 1 aromatic heterocycles. The van der Waals surface area contributed by atoms with E-state index in [-0.39, 0.29) is 36.1 Å². The highest BCUT2D eigenvalue weighted by Crippen LogP contribution is 2.30. The molecule has 1 aromatic carbocycles. The highest BCUT2D eigenvalue weighted by Gasteiger charge is 2.37. The van der Waals surface area contributed by atoms with E-state index in [2.05, 4.69) is 18.3 Å². The first-order chi connectivity index (χ1) is 16.3. The lowest BCUT2D eigenvalue weighted by molar-refractivity contribution is -0.140. The maximum absolute atomic E-state index is 12.9. The van der Waals surface area contributed by atoms with Gasteiger partial charge in [0.15, 0.2) is 5.11 Å². The molecule has 1 aliphatic carbocycles. The fraction of sp³-hybridized carbons (Fsp3) is 0.440. The summed E-state index contributed by atoms with van der Waals surface area (Å²) in [6, 6.07) is 6.27. The highest BCUT2D eigenvalue weighted by molar-refractivity contribution is 7.80. The van der Waals surface area contributed by atoms with Crippen molar-refractivity contribution in [1.29, 1.82) is 0 Å². The number of nitrogens with one attached hydrogen (secondary N) is 1. The number of hydrogen-bond acceptors (Lipinski definition) is 5. The van der Waals surface area contributed by atoms with Crippen LogP contribution in [0.25, 0.3) is 17.0 Å². The third-order valence-electron chi connectivity index (χ3n) is 6.57. The van der Waals surface area contributed by atoms with Crippen molar-refractivity contribution in [3.05, 3.63) is 41.2 Å². The number of carbonyl (C=O) groups is 3. The van der Waals surface area contributed by atoms with Crippen LogP contribution in [0.1, 0.15) is 43.7 Å². The molecule has 0 bridgehead atoms. The maximum Gasteiger partial charge on any atom is 0.325 e. The quantitative estimate of drug-likeness (QED) is 0.371. The Balaban J connectivity index is 1.74. The van der Waals surface area contributed by atoms with E-state index >= 15 is 0 Å². The maximum atomic E-state index is 12.9. The molecule has 2 amide bonds. The van der Waals surface area contributed by atoms with Crippen LogP contribution in [0.4, 0.5) is 0 Å². The first-order valence-corrected chi connectivity index (χ1v) is 12.0. The van der Waals surface area contributed by atoms with Crippen molar-refractivity contribution in [2.45, 2.75) is 51.6 Å². The topological polar surface area (TPSA) is 83.9 Å². The van der Waals surface area contributed by atoms with Crippen LogP contribution in [0.15, 0.2) is 30.1 Å². The highest BCUT2D eigenvalue weighted by atomic mass is 32.1. The predicted molar refractivity (Wildman–Crippen MR) is 134 cm³/mol. The van der Waals surface area contributed by atoms with E-state index in [0.717, 1.165) is 54.1 Å². The lowest BCUT2D eigenvalue weighted by Crippen LogP contribution is -2.35. The van der Waals surface area contributed by atoms with Crippen molar-refractivity contribution >= 4 is 52.1 Å². The van der Waals surface area contributed by atoms with Crippen molar-refractivity contribution in [3.8, 4) is 0 Å².